The molecule has 0 amide bonds. The average molecular weight is 416 g/mol. The van der Waals surface area contributed by atoms with E-state index in [1.165, 1.54) is 69.8 Å². The van der Waals surface area contributed by atoms with Crippen LogP contribution in [0.25, 0.3) is 44.3 Å². The first kappa shape index (κ1) is 18.2. The zero-order chi connectivity index (χ0) is 21.4. The number of hydrogen-bond acceptors (Lipinski definition) is 2. The Morgan fingerprint density at radius 1 is 0.812 bits per heavy atom. The van der Waals surface area contributed by atoms with Crippen LogP contribution in [0.15, 0.2) is 71.3 Å². The van der Waals surface area contributed by atoms with Gasteiger partial charge in [-0.1, -0.05) is 49.2 Å². The van der Waals surface area contributed by atoms with Gasteiger partial charge in [0.15, 0.2) is 0 Å². The molecule has 0 radical (unpaired) electrons. The molecule has 3 aromatic carbocycles. The molecule has 1 saturated carbocycles. The van der Waals surface area contributed by atoms with Crippen molar-refractivity contribution in [2.75, 3.05) is 0 Å². The van der Waals surface area contributed by atoms with Crippen molar-refractivity contribution in [3.8, 4) is 22.4 Å². The first-order valence-corrected chi connectivity index (χ1v) is 11.7. The summed E-state index contributed by atoms with van der Waals surface area (Å²) in [7, 11) is 0. The Bertz CT molecular complexity index is 1550. The van der Waals surface area contributed by atoms with E-state index >= 15 is 0 Å². The van der Waals surface area contributed by atoms with E-state index in [1.807, 2.05) is 12.3 Å². The highest BCUT2D eigenvalue weighted by molar-refractivity contribution is 6.11. The van der Waals surface area contributed by atoms with Crippen LogP contribution in [0.1, 0.15) is 47.9 Å². The molecule has 0 atom stereocenters. The predicted octanol–water partition coefficient (Wildman–Crippen LogP) is 8.11. The Morgan fingerprint density at radius 3 is 2.50 bits per heavy atom. The van der Waals surface area contributed by atoms with Gasteiger partial charge in [0, 0.05) is 27.9 Å². The van der Waals surface area contributed by atoms with Gasteiger partial charge in [0.2, 0.25) is 0 Å². The summed E-state index contributed by atoms with van der Waals surface area (Å²) < 4.78 is 6.65. The molecule has 32 heavy (non-hydrogen) atoms. The average Bonchev–Trinajstić information content (AvgIpc) is 3.49. The van der Waals surface area contributed by atoms with Crippen LogP contribution < -0.4 is 0 Å². The lowest BCUT2D eigenvalue weighted by Gasteiger charge is -2.26. The summed E-state index contributed by atoms with van der Waals surface area (Å²) in [6, 6.07) is 22.4. The molecule has 0 unspecified atom stereocenters. The molecule has 0 aliphatic heterocycles. The fourth-order valence-electron chi connectivity index (χ4n) is 6.39. The molecule has 2 aromatic heterocycles. The largest absolute Gasteiger partial charge is 0.455 e. The number of rotatable bonds is 1. The van der Waals surface area contributed by atoms with Crippen molar-refractivity contribution >= 4 is 21.9 Å². The van der Waals surface area contributed by atoms with Gasteiger partial charge in [-0.3, -0.25) is 4.98 Å². The lowest BCUT2D eigenvalue weighted by Crippen LogP contribution is -2.20. The fraction of sp³-hybridized carbons (Fsp3) is 0.233. The third-order valence-corrected chi connectivity index (χ3v) is 7.87. The molecular formula is C30H25NO. The molecule has 1 spiro atoms. The summed E-state index contributed by atoms with van der Waals surface area (Å²) in [5.74, 6) is 0. The first-order valence-electron chi connectivity index (χ1n) is 11.7. The molecule has 1 fully saturated rings. The number of benzene rings is 3. The molecule has 0 N–H and O–H groups in total. The lowest BCUT2D eigenvalue weighted by atomic mass is 9.77. The van der Waals surface area contributed by atoms with Gasteiger partial charge in [0.25, 0.3) is 0 Å². The Kier molecular flexibility index (Phi) is 3.60. The van der Waals surface area contributed by atoms with Crippen LogP contribution in [0.5, 0.6) is 0 Å². The first-order chi connectivity index (χ1) is 15.7. The summed E-state index contributed by atoms with van der Waals surface area (Å²) in [5, 5.41) is 2.38. The number of furan rings is 1. The Morgan fingerprint density at radius 2 is 1.66 bits per heavy atom. The zero-order valence-corrected chi connectivity index (χ0v) is 18.5. The van der Waals surface area contributed by atoms with Crippen LogP contribution in [-0.4, -0.2) is 4.98 Å². The number of aryl methyl sites for hydroxylation is 2. The second kappa shape index (κ2) is 6.32. The second-order valence-corrected chi connectivity index (χ2v) is 9.68. The van der Waals surface area contributed by atoms with Gasteiger partial charge in [-0.05, 0) is 84.3 Å². The third-order valence-electron chi connectivity index (χ3n) is 7.87. The molecule has 7 rings (SSSR count). The van der Waals surface area contributed by atoms with E-state index in [2.05, 4.69) is 73.4 Å². The highest BCUT2D eigenvalue weighted by Crippen LogP contribution is 2.58. The number of pyridine rings is 1. The van der Waals surface area contributed by atoms with Crippen LogP contribution in [0, 0.1) is 13.8 Å². The summed E-state index contributed by atoms with van der Waals surface area (Å²) in [6.45, 7) is 4.26. The van der Waals surface area contributed by atoms with E-state index in [4.69, 9.17) is 4.42 Å². The third kappa shape index (κ3) is 2.27. The molecule has 0 saturated heterocycles. The Labute approximate surface area is 187 Å². The maximum absolute atomic E-state index is 6.65. The van der Waals surface area contributed by atoms with Crippen molar-refractivity contribution < 1.29 is 4.42 Å². The topological polar surface area (TPSA) is 26.0 Å². The maximum atomic E-state index is 6.65. The van der Waals surface area contributed by atoms with E-state index in [0.717, 1.165) is 22.4 Å². The van der Waals surface area contributed by atoms with Gasteiger partial charge in [0.1, 0.15) is 11.2 Å². The molecule has 2 aliphatic rings. The SMILES string of the molecule is Cc1ccnc(-c2c(C)ccc3c2oc2cc4c(cc23)-c2ccccc2C42CCCC2)c1. The summed E-state index contributed by atoms with van der Waals surface area (Å²) in [6.07, 6.45) is 6.96. The van der Waals surface area contributed by atoms with Crippen LogP contribution >= 0.6 is 0 Å². The van der Waals surface area contributed by atoms with Gasteiger partial charge in [-0.15, -0.1) is 0 Å². The van der Waals surface area contributed by atoms with E-state index in [1.54, 1.807) is 0 Å². The molecule has 5 aromatic rings. The van der Waals surface area contributed by atoms with Crippen molar-refractivity contribution in [3.05, 3.63) is 89.1 Å². The summed E-state index contributed by atoms with van der Waals surface area (Å²) >= 11 is 0. The van der Waals surface area contributed by atoms with Gasteiger partial charge in [0.05, 0.1) is 5.69 Å². The van der Waals surface area contributed by atoms with Crippen LogP contribution in [0.4, 0.5) is 0 Å². The standard InChI is InChI=1S/C30H25NO/c1-18-11-14-31-26(15-18)28-19(2)9-10-21-23-16-22-20-7-3-4-8-24(20)30(12-5-6-13-30)25(22)17-27(23)32-29(21)28/h3-4,7-11,14-17H,5-6,12-13H2,1-2H3. The highest BCUT2D eigenvalue weighted by atomic mass is 16.3. The van der Waals surface area contributed by atoms with E-state index in [9.17, 15) is 0 Å². The lowest BCUT2D eigenvalue weighted by molar-refractivity contribution is 0.549. The number of aromatic nitrogens is 1. The molecule has 2 aliphatic carbocycles. The normalized spacial score (nSPS) is 16.2. The van der Waals surface area contributed by atoms with Gasteiger partial charge < -0.3 is 4.42 Å². The van der Waals surface area contributed by atoms with E-state index in [-0.39, 0.29) is 5.41 Å². The van der Waals surface area contributed by atoms with Crippen molar-refractivity contribution in [2.24, 2.45) is 0 Å². The second-order valence-electron chi connectivity index (χ2n) is 9.68. The van der Waals surface area contributed by atoms with E-state index in [0.29, 0.717) is 0 Å². The van der Waals surface area contributed by atoms with E-state index < -0.39 is 0 Å². The summed E-state index contributed by atoms with van der Waals surface area (Å²) in [5.41, 5.74) is 12.4. The monoisotopic (exact) mass is 415 g/mol. The van der Waals surface area contributed by atoms with Gasteiger partial charge in [-0.25, -0.2) is 0 Å². The number of hydrogen-bond donors (Lipinski definition) is 0. The minimum Gasteiger partial charge on any atom is -0.455 e. The Hall–Kier alpha value is -3.39. The highest BCUT2D eigenvalue weighted by Gasteiger charge is 2.45. The Balaban J connectivity index is 1.56. The number of nitrogens with zero attached hydrogens (tertiary/aromatic N) is 1. The molecular weight excluding hydrogens is 390 g/mol. The minimum absolute atomic E-state index is 0.163. The molecule has 2 heteroatoms. The summed E-state index contributed by atoms with van der Waals surface area (Å²) in [4.78, 5) is 4.68. The molecule has 2 heterocycles. The molecule has 156 valence electrons. The number of fused-ring (bicyclic) bond motifs is 8. The van der Waals surface area contributed by atoms with Crippen molar-refractivity contribution in [1.82, 2.24) is 4.98 Å². The fourth-order valence-corrected chi connectivity index (χ4v) is 6.39. The van der Waals surface area contributed by atoms with Crippen LogP contribution in [0.2, 0.25) is 0 Å². The maximum Gasteiger partial charge on any atom is 0.145 e. The van der Waals surface area contributed by atoms with Crippen LogP contribution in [-0.2, 0) is 5.41 Å². The quantitative estimate of drug-likeness (QED) is 0.276. The van der Waals surface area contributed by atoms with Crippen molar-refractivity contribution in [2.45, 2.75) is 44.9 Å². The molecule has 0 bridgehead atoms. The van der Waals surface area contributed by atoms with Crippen molar-refractivity contribution in [3.63, 3.8) is 0 Å². The molecule has 2 nitrogen and oxygen atoms in total. The predicted molar refractivity (Wildman–Crippen MR) is 131 cm³/mol. The smallest absolute Gasteiger partial charge is 0.145 e. The van der Waals surface area contributed by atoms with Gasteiger partial charge >= 0.3 is 0 Å². The van der Waals surface area contributed by atoms with Crippen LogP contribution in [0.3, 0.4) is 0 Å². The zero-order valence-electron chi connectivity index (χ0n) is 18.5. The van der Waals surface area contributed by atoms with Gasteiger partial charge in [-0.2, -0.15) is 0 Å². The minimum atomic E-state index is 0.163. The van der Waals surface area contributed by atoms with Crippen molar-refractivity contribution in [1.29, 1.82) is 0 Å².